The molecule has 22 heavy (non-hydrogen) atoms. The van der Waals surface area contributed by atoms with Gasteiger partial charge in [0.1, 0.15) is 5.82 Å². The molecule has 0 unspecified atom stereocenters. The highest BCUT2D eigenvalue weighted by molar-refractivity contribution is 7.92. The maximum atomic E-state index is 13.2. The Bertz CT molecular complexity index is 818. The molecule has 7 heteroatoms. The molecular formula is C15H14FNO4S. The fourth-order valence-corrected chi connectivity index (χ4v) is 2.97. The number of carbonyl (C=O) groups excluding carboxylic acids is 1. The minimum absolute atomic E-state index is 0.199. The maximum Gasteiger partial charge on any atom is 0.337 e. The number of nitrogens with one attached hydrogen (secondary N) is 1. The van der Waals surface area contributed by atoms with Crippen molar-refractivity contribution in [1.29, 1.82) is 0 Å². The molecule has 0 saturated carbocycles. The van der Waals surface area contributed by atoms with Gasteiger partial charge in [-0.05, 0) is 42.8 Å². The molecule has 0 aromatic heterocycles. The molecule has 0 bridgehead atoms. The first-order valence-corrected chi connectivity index (χ1v) is 7.79. The van der Waals surface area contributed by atoms with Crippen LogP contribution in [0.15, 0.2) is 47.4 Å². The van der Waals surface area contributed by atoms with E-state index in [-0.39, 0.29) is 16.1 Å². The molecule has 116 valence electrons. The number of anilines is 1. The van der Waals surface area contributed by atoms with Crippen molar-refractivity contribution in [3.63, 3.8) is 0 Å². The van der Waals surface area contributed by atoms with E-state index in [4.69, 9.17) is 0 Å². The highest BCUT2D eigenvalue weighted by Gasteiger charge is 2.17. The summed E-state index contributed by atoms with van der Waals surface area (Å²) in [7, 11) is -2.71. The number of halogens is 1. The summed E-state index contributed by atoms with van der Waals surface area (Å²) >= 11 is 0. The van der Waals surface area contributed by atoms with E-state index >= 15 is 0 Å². The minimum Gasteiger partial charge on any atom is -0.465 e. The summed E-state index contributed by atoms with van der Waals surface area (Å²) in [6.07, 6.45) is 0. The zero-order valence-electron chi connectivity index (χ0n) is 12.0. The quantitative estimate of drug-likeness (QED) is 0.878. The van der Waals surface area contributed by atoms with Crippen LogP contribution in [0.25, 0.3) is 0 Å². The van der Waals surface area contributed by atoms with Gasteiger partial charge in [0.05, 0.1) is 23.3 Å². The average Bonchev–Trinajstić information content (AvgIpc) is 2.48. The van der Waals surface area contributed by atoms with Gasteiger partial charge in [-0.1, -0.05) is 12.1 Å². The zero-order valence-corrected chi connectivity index (χ0v) is 12.8. The lowest BCUT2D eigenvalue weighted by molar-refractivity contribution is 0.0601. The number of methoxy groups -OCH3 is 1. The molecular weight excluding hydrogens is 309 g/mol. The van der Waals surface area contributed by atoms with Gasteiger partial charge < -0.3 is 4.74 Å². The summed E-state index contributed by atoms with van der Waals surface area (Å²) in [6.45, 7) is 1.69. The number of benzene rings is 2. The summed E-state index contributed by atoms with van der Waals surface area (Å²) < 4.78 is 44.6. The lowest BCUT2D eigenvalue weighted by Crippen LogP contribution is -2.14. The second-order valence-electron chi connectivity index (χ2n) is 4.58. The van der Waals surface area contributed by atoms with Crippen molar-refractivity contribution in [1.82, 2.24) is 0 Å². The van der Waals surface area contributed by atoms with Gasteiger partial charge in [-0.3, -0.25) is 4.72 Å². The number of rotatable bonds is 4. The van der Waals surface area contributed by atoms with Gasteiger partial charge in [-0.25, -0.2) is 17.6 Å². The van der Waals surface area contributed by atoms with Crippen molar-refractivity contribution in [3.05, 3.63) is 59.4 Å². The molecule has 0 aliphatic heterocycles. The fraction of sp³-hybridized carbons (Fsp3) is 0.133. The number of carbonyl (C=O) groups is 1. The summed E-state index contributed by atoms with van der Waals surface area (Å²) in [4.78, 5) is 11.3. The van der Waals surface area contributed by atoms with E-state index in [0.717, 1.165) is 12.1 Å². The van der Waals surface area contributed by atoms with E-state index in [0.29, 0.717) is 5.56 Å². The Morgan fingerprint density at radius 2 is 1.91 bits per heavy atom. The maximum absolute atomic E-state index is 13.2. The molecule has 2 rings (SSSR count). The molecule has 0 spiro atoms. The molecule has 0 amide bonds. The monoisotopic (exact) mass is 323 g/mol. The minimum atomic E-state index is -3.95. The molecule has 0 aliphatic rings. The normalized spacial score (nSPS) is 11.0. The van der Waals surface area contributed by atoms with E-state index in [1.807, 2.05) is 0 Å². The Hall–Kier alpha value is -2.41. The van der Waals surface area contributed by atoms with E-state index < -0.39 is 21.8 Å². The summed E-state index contributed by atoms with van der Waals surface area (Å²) in [5, 5.41) is 0. The van der Waals surface area contributed by atoms with Gasteiger partial charge in [0.15, 0.2) is 0 Å². The predicted molar refractivity (Wildman–Crippen MR) is 79.7 cm³/mol. The van der Waals surface area contributed by atoms with Crippen LogP contribution in [0.2, 0.25) is 0 Å². The van der Waals surface area contributed by atoms with Crippen LogP contribution in [0.4, 0.5) is 10.1 Å². The molecule has 0 saturated heterocycles. The molecule has 0 fully saturated rings. The molecule has 0 aliphatic carbocycles. The largest absolute Gasteiger partial charge is 0.465 e. The zero-order chi connectivity index (χ0) is 16.3. The van der Waals surface area contributed by atoms with E-state index in [1.54, 1.807) is 13.0 Å². The van der Waals surface area contributed by atoms with Crippen molar-refractivity contribution in [2.24, 2.45) is 0 Å². The van der Waals surface area contributed by atoms with Crippen molar-refractivity contribution in [2.45, 2.75) is 11.8 Å². The van der Waals surface area contributed by atoms with Crippen LogP contribution >= 0.6 is 0 Å². The standard InChI is InChI=1S/C15H14FNO4S/c1-10-6-7-11(15(18)21-2)8-14(10)17-22(19,20)13-5-3-4-12(16)9-13/h3-9,17H,1-2H3. The summed E-state index contributed by atoms with van der Waals surface area (Å²) in [6, 6.07) is 9.16. The Morgan fingerprint density at radius 1 is 1.18 bits per heavy atom. The van der Waals surface area contributed by atoms with Gasteiger partial charge >= 0.3 is 5.97 Å². The Labute approximate surface area is 127 Å². The number of hydrogen-bond acceptors (Lipinski definition) is 4. The van der Waals surface area contributed by atoms with Gasteiger partial charge in [-0.15, -0.1) is 0 Å². The molecule has 0 radical (unpaired) electrons. The van der Waals surface area contributed by atoms with Crippen LogP contribution in [-0.2, 0) is 14.8 Å². The summed E-state index contributed by atoms with van der Waals surface area (Å²) in [5.74, 6) is -1.23. The van der Waals surface area contributed by atoms with Gasteiger partial charge in [-0.2, -0.15) is 0 Å². The Kier molecular flexibility index (Phi) is 4.46. The van der Waals surface area contributed by atoms with Gasteiger partial charge in [0, 0.05) is 0 Å². The lowest BCUT2D eigenvalue weighted by atomic mass is 10.1. The van der Waals surface area contributed by atoms with E-state index in [9.17, 15) is 17.6 Å². The molecule has 5 nitrogen and oxygen atoms in total. The smallest absolute Gasteiger partial charge is 0.337 e. The topological polar surface area (TPSA) is 72.5 Å². The van der Waals surface area contributed by atoms with Crippen molar-refractivity contribution in [3.8, 4) is 0 Å². The number of sulfonamides is 1. The molecule has 0 atom stereocenters. The first kappa shape index (κ1) is 16.0. The third-order valence-corrected chi connectivity index (χ3v) is 4.37. The first-order chi connectivity index (χ1) is 10.3. The number of ether oxygens (including phenoxy) is 1. The van der Waals surface area contributed by atoms with E-state index in [1.165, 1.54) is 31.4 Å². The molecule has 2 aromatic carbocycles. The number of esters is 1. The van der Waals surface area contributed by atoms with Crippen LogP contribution in [0, 0.1) is 12.7 Å². The Morgan fingerprint density at radius 3 is 2.55 bits per heavy atom. The van der Waals surface area contributed by atoms with Crippen LogP contribution in [0.5, 0.6) is 0 Å². The van der Waals surface area contributed by atoms with Crippen LogP contribution in [0.1, 0.15) is 15.9 Å². The van der Waals surface area contributed by atoms with Crippen molar-refractivity contribution in [2.75, 3.05) is 11.8 Å². The molecule has 1 N–H and O–H groups in total. The van der Waals surface area contributed by atoms with Gasteiger partial charge in [0.2, 0.25) is 0 Å². The predicted octanol–water partition coefficient (Wildman–Crippen LogP) is 2.72. The van der Waals surface area contributed by atoms with E-state index in [2.05, 4.69) is 9.46 Å². The van der Waals surface area contributed by atoms with Crippen molar-refractivity contribution >= 4 is 21.7 Å². The molecule has 2 aromatic rings. The first-order valence-electron chi connectivity index (χ1n) is 6.31. The second kappa shape index (κ2) is 6.15. The fourth-order valence-electron chi connectivity index (χ4n) is 1.81. The number of aryl methyl sites for hydroxylation is 1. The summed E-state index contributed by atoms with van der Waals surface area (Å²) in [5.41, 5.74) is 1.06. The van der Waals surface area contributed by atoms with Gasteiger partial charge in [0.25, 0.3) is 10.0 Å². The third-order valence-electron chi connectivity index (χ3n) is 3.01. The average molecular weight is 323 g/mol. The Balaban J connectivity index is 2.39. The van der Waals surface area contributed by atoms with Crippen LogP contribution in [-0.4, -0.2) is 21.5 Å². The second-order valence-corrected chi connectivity index (χ2v) is 6.27. The number of hydrogen-bond donors (Lipinski definition) is 1. The van der Waals surface area contributed by atoms with Crippen LogP contribution in [0.3, 0.4) is 0 Å². The highest BCUT2D eigenvalue weighted by atomic mass is 32.2. The highest BCUT2D eigenvalue weighted by Crippen LogP contribution is 2.22. The lowest BCUT2D eigenvalue weighted by Gasteiger charge is -2.12. The van der Waals surface area contributed by atoms with Crippen LogP contribution < -0.4 is 4.72 Å². The SMILES string of the molecule is COC(=O)c1ccc(C)c(NS(=O)(=O)c2cccc(F)c2)c1. The third kappa shape index (κ3) is 3.43. The molecule has 0 heterocycles. The van der Waals surface area contributed by atoms with Crippen molar-refractivity contribution < 1.29 is 22.3 Å².